The molecule has 0 aliphatic carbocycles. The third-order valence-corrected chi connectivity index (χ3v) is 2.08. The minimum absolute atomic E-state index is 0.817. The molecule has 0 fully saturated rings. The molecule has 1 aromatic heterocycles. The topological polar surface area (TPSA) is 9.23 Å². The Morgan fingerprint density at radius 2 is 2.60 bits per heavy atom. The summed E-state index contributed by atoms with van der Waals surface area (Å²) in [4.78, 5) is 1.33. The lowest BCUT2D eigenvalue weighted by Gasteiger charge is -1.94. The van der Waals surface area contributed by atoms with Crippen molar-refractivity contribution in [1.29, 1.82) is 0 Å². The van der Waals surface area contributed by atoms with Crippen molar-refractivity contribution in [3.63, 3.8) is 0 Å². The molecule has 10 heavy (non-hydrogen) atoms. The van der Waals surface area contributed by atoms with Crippen LogP contribution in [0.5, 0.6) is 0 Å². The first kappa shape index (κ1) is 7.76. The highest BCUT2D eigenvalue weighted by molar-refractivity contribution is 7.10. The normalized spacial score (nSPS) is 10.1. The van der Waals surface area contributed by atoms with Crippen molar-refractivity contribution in [3.8, 4) is 0 Å². The van der Waals surface area contributed by atoms with E-state index >= 15 is 0 Å². The van der Waals surface area contributed by atoms with E-state index in [0.717, 1.165) is 13.0 Å². The average Bonchev–Trinajstić information content (AvgIpc) is 2.41. The van der Waals surface area contributed by atoms with Crippen LogP contribution >= 0.6 is 11.3 Å². The number of hydrogen-bond donors (Lipinski definition) is 0. The van der Waals surface area contributed by atoms with Crippen molar-refractivity contribution in [3.05, 3.63) is 28.8 Å². The zero-order valence-electron chi connectivity index (χ0n) is 6.04. The van der Waals surface area contributed by atoms with Gasteiger partial charge in [0, 0.05) is 25.0 Å². The van der Waals surface area contributed by atoms with Crippen LogP contribution in [0.25, 0.3) is 0 Å². The van der Waals surface area contributed by atoms with Gasteiger partial charge in [-0.2, -0.15) is 0 Å². The van der Waals surface area contributed by atoms with Crippen LogP contribution in [0.15, 0.2) is 17.5 Å². The predicted octanol–water partition coefficient (Wildman–Crippen LogP) is 2.34. The number of ether oxygens (including phenoxy) is 1. The lowest BCUT2D eigenvalue weighted by atomic mass is 10.3. The fraction of sp³-hybridized carbons (Fsp3) is 0.375. The predicted molar refractivity (Wildman–Crippen MR) is 44.2 cm³/mol. The second-order valence-electron chi connectivity index (χ2n) is 2.00. The van der Waals surface area contributed by atoms with Crippen LogP contribution in [0.2, 0.25) is 0 Å². The van der Waals surface area contributed by atoms with E-state index in [2.05, 4.69) is 23.9 Å². The molecule has 0 N–H and O–H groups in total. The van der Waals surface area contributed by atoms with Gasteiger partial charge in [-0.3, -0.25) is 0 Å². The molecule has 1 nitrogen and oxygen atoms in total. The molecule has 0 unspecified atom stereocenters. The number of thiophene rings is 1. The lowest BCUT2D eigenvalue weighted by Crippen LogP contribution is -1.87. The SMILES string of the molecule is COCC[CH]c1cccs1. The van der Waals surface area contributed by atoms with E-state index in [9.17, 15) is 0 Å². The zero-order valence-corrected chi connectivity index (χ0v) is 6.86. The van der Waals surface area contributed by atoms with Crippen molar-refractivity contribution in [1.82, 2.24) is 0 Å². The maximum Gasteiger partial charge on any atom is 0.0468 e. The number of hydrogen-bond acceptors (Lipinski definition) is 2. The molecule has 55 valence electrons. The average molecular weight is 155 g/mol. The molecular weight excluding hydrogens is 144 g/mol. The summed E-state index contributed by atoms with van der Waals surface area (Å²) < 4.78 is 4.91. The van der Waals surface area contributed by atoms with E-state index in [4.69, 9.17) is 4.74 Å². The van der Waals surface area contributed by atoms with Gasteiger partial charge in [0.15, 0.2) is 0 Å². The molecule has 0 aliphatic heterocycles. The molecule has 0 aromatic carbocycles. The first-order chi connectivity index (χ1) is 4.93. The Balaban J connectivity index is 2.15. The van der Waals surface area contributed by atoms with Gasteiger partial charge in [0.1, 0.15) is 0 Å². The molecule has 0 saturated heterocycles. The minimum Gasteiger partial charge on any atom is -0.385 e. The Morgan fingerprint density at radius 1 is 1.70 bits per heavy atom. The largest absolute Gasteiger partial charge is 0.385 e. The van der Waals surface area contributed by atoms with Gasteiger partial charge in [-0.05, 0) is 17.9 Å². The molecule has 2 heteroatoms. The molecule has 0 aliphatic rings. The third kappa shape index (κ3) is 2.50. The van der Waals surface area contributed by atoms with E-state index in [1.165, 1.54) is 4.88 Å². The van der Waals surface area contributed by atoms with Crippen LogP contribution in [0.1, 0.15) is 11.3 Å². The molecule has 0 spiro atoms. The van der Waals surface area contributed by atoms with Crippen molar-refractivity contribution < 1.29 is 4.74 Å². The molecule has 0 atom stereocenters. The summed E-state index contributed by atoms with van der Waals surface area (Å²) in [6.07, 6.45) is 3.20. The fourth-order valence-electron chi connectivity index (χ4n) is 0.726. The van der Waals surface area contributed by atoms with E-state index < -0.39 is 0 Å². The molecule has 0 bridgehead atoms. The summed E-state index contributed by atoms with van der Waals surface area (Å²) in [6.45, 7) is 0.817. The van der Waals surface area contributed by atoms with Crippen molar-refractivity contribution >= 4 is 11.3 Å². The summed E-state index contributed by atoms with van der Waals surface area (Å²) in [6, 6.07) is 4.17. The summed E-state index contributed by atoms with van der Waals surface area (Å²) in [5.41, 5.74) is 0. The minimum atomic E-state index is 0.817. The van der Waals surface area contributed by atoms with Gasteiger partial charge >= 0.3 is 0 Å². The molecule has 0 saturated carbocycles. The standard InChI is InChI=1S/C8H11OS/c1-9-6-2-4-8-5-3-7-10-8/h3-5,7H,2,6H2,1H3. The summed E-state index contributed by atoms with van der Waals surface area (Å²) in [5.74, 6) is 0. The highest BCUT2D eigenvalue weighted by atomic mass is 32.1. The molecular formula is C8H11OS. The number of methoxy groups -OCH3 is 1. The molecule has 1 heterocycles. The van der Waals surface area contributed by atoms with E-state index in [0.29, 0.717) is 0 Å². The molecule has 1 radical (unpaired) electrons. The smallest absolute Gasteiger partial charge is 0.0468 e. The van der Waals surface area contributed by atoms with Crippen molar-refractivity contribution in [2.45, 2.75) is 6.42 Å². The van der Waals surface area contributed by atoms with Crippen molar-refractivity contribution in [2.24, 2.45) is 0 Å². The number of rotatable bonds is 4. The Labute approximate surface area is 65.6 Å². The Hall–Kier alpha value is -0.340. The second kappa shape index (κ2) is 4.47. The summed E-state index contributed by atoms with van der Waals surface area (Å²) >= 11 is 1.76. The maximum absolute atomic E-state index is 4.91. The third-order valence-electron chi connectivity index (χ3n) is 1.21. The Bertz CT molecular complexity index is 158. The Kier molecular flexibility index (Phi) is 3.47. The zero-order chi connectivity index (χ0) is 7.23. The van der Waals surface area contributed by atoms with Gasteiger partial charge in [0.05, 0.1) is 0 Å². The molecule has 1 rings (SSSR count). The molecule has 1 aromatic rings. The van der Waals surface area contributed by atoms with Crippen LogP contribution in [-0.4, -0.2) is 13.7 Å². The van der Waals surface area contributed by atoms with Gasteiger partial charge in [0.2, 0.25) is 0 Å². The van der Waals surface area contributed by atoms with E-state index in [1.54, 1.807) is 18.4 Å². The van der Waals surface area contributed by atoms with Crippen molar-refractivity contribution in [2.75, 3.05) is 13.7 Å². The highest BCUT2D eigenvalue weighted by Gasteiger charge is 1.92. The van der Waals surface area contributed by atoms with E-state index in [1.807, 2.05) is 0 Å². The van der Waals surface area contributed by atoms with Gasteiger partial charge in [-0.25, -0.2) is 0 Å². The van der Waals surface area contributed by atoms with Gasteiger partial charge in [-0.15, -0.1) is 11.3 Å². The van der Waals surface area contributed by atoms with Crippen LogP contribution in [0, 0.1) is 6.42 Å². The van der Waals surface area contributed by atoms with Gasteiger partial charge in [0.25, 0.3) is 0 Å². The first-order valence-electron chi connectivity index (χ1n) is 3.29. The van der Waals surface area contributed by atoms with Crippen LogP contribution in [0.3, 0.4) is 0 Å². The van der Waals surface area contributed by atoms with Gasteiger partial charge < -0.3 is 4.74 Å². The van der Waals surface area contributed by atoms with E-state index in [-0.39, 0.29) is 0 Å². The first-order valence-corrected chi connectivity index (χ1v) is 4.17. The quantitative estimate of drug-likeness (QED) is 0.606. The maximum atomic E-state index is 4.91. The fourth-order valence-corrected chi connectivity index (χ4v) is 1.41. The van der Waals surface area contributed by atoms with Crippen LogP contribution in [-0.2, 0) is 4.74 Å². The summed E-state index contributed by atoms with van der Waals surface area (Å²) in [7, 11) is 1.72. The Morgan fingerprint density at radius 3 is 3.20 bits per heavy atom. The van der Waals surface area contributed by atoms with Gasteiger partial charge in [-0.1, -0.05) is 6.07 Å². The highest BCUT2D eigenvalue weighted by Crippen LogP contribution is 2.12. The monoisotopic (exact) mass is 155 g/mol. The second-order valence-corrected chi connectivity index (χ2v) is 2.98. The lowest BCUT2D eigenvalue weighted by molar-refractivity contribution is 0.202. The molecule has 0 amide bonds. The van der Waals surface area contributed by atoms with Crippen LogP contribution < -0.4 is 0 Å². The van der Waals surface area contributed by atoms with Crippen LogP contribution in [0.4, 0.5) is 0 Å². The summed E-state index contributed by atoms with van der Waals surface area (Å²) in [5, 5.41) is 2.08.